The molecule has 7 heteroatoms. The third-order valence-electron chi connectivity index (χ3n) is 3.59. The molecular formula is C16H19ClFN3OS. The van der Waals surface area contributed by atoms with Crippen LogP contribution < -0.4 is 5.32 Å². The fraction of sp³-hybridized carbons (Fsp3) is 0.375. The largest absolute Gasteiger partial charge is 0.322 e. The van der Waals surface area contributed by atoms with Crippen LogP contribution in [-0.4, -0.2) is 29.4 Å². The van der Waals surface area contributed by atoms with Gasteiger partial charge in [-0.1, -0.05) is 11.6 Å². The maximum absolute atomic E-state index is 13.7. The summed E-state index contributed by atoms with van der Waals surface area (Å²) in [4.78, 5) is 19.7. The zero-order valence-electron chi connectivity index (χ0n) is 13.5. The number of aromatic nitrogens is 1. The number of rotatable bonds is 5. The van der Waals surface area contributed by atoms with E-state index in [4.69, 9.17) is 11.6 Å². The van der Waals surface area contributed by atoms with Gasteiger partial charge in [-0.3, -0.25) is 9.69 Å². The highest BCUT2D eigenvalue weighted by molar-refractivity contribution is 7.11. The lowest BCUT2D eigenvalue weighted by Gasteiger charge is -2.23. The fourth-order valence-electron chi connectivity index (χ4n) is 2.29. The van der Waals surface area contributed by atoms with Gasteiger partial charge in [0.05, 0.1) is 29.0 Å². The number of anilines is 1. The number of nitrogens with zero attached hydrogens (tertiary/aromatic N) is 2. The molecule has 0 saturated carbocycles. The SMILES string of the molecule is Cc1nc(C(C)N(C)CC(=O)Nc2ccc(Cl)cc2F)c(C)s1. The third-order valence-corrected chi connectivity index (χ3v) is 4.73. The van der Waals surface area contributed by atoms with E-state index in [1.807, 2.05) is 32.7 Å². The Labute approximate surface area is 144 Å². The summed E-state index contributed by atoms with van der Waals surface area (Å²) < 4.78 is 13.7. The lowest BCUT2D eigenvalue weighted by molar-refractivity contribution is -0.117. The first-order valence-corrected chi connectivity index (χ1v) is 8.36. The van der Waals surface area contributed by atoms with E-state index in [0.29, 0.717) is 5.02 Å². The van der Waals surface area contributed by atoms with E-state index >= 15 is 0 Å². The summed E-state index contributed by atoms with van der Waals surface area (Å²) in [5.41, 5.74) is 1.10. The molecule has 1 aromatic carbocycles. The minimum Gasteiger partial charge on any atom is -0.322 e. The van der Waals surface area contributed by atoms with E-state index in [0.717, 1.165) is 15.6 Å². The zero-order chi connectivity index (χ0) is 17.1. The van der Waals surface area contributed by atoms with Crippen molar-refractivity contribution in [1.29, 1.82) is 0 Å². The number of hydrogen-bond donors (Lipinski definition) is 1. The molecule has 1 heterocycles. The van der Waals surface area contributed by atoms with Gasteiger partial charge < -0.3 is 5.32 Å². The van der Waals surface area contributed by atoms with Crippen LogP contribution in [0, 0.1) is 19.7 Å². The Kier molecular flexibility index (Phi) is 5.73. The summed E-state index contributed by atoms with van der Waals surface area (Å²) >= 11 is 7.34. The van der Waals surface area contributed by atoms with Gasteiger partial charge in [-0.2, -0.15) is 0 Å². The van der Waals surface area contributed by atoms with Gasteiger partial charge in [-0.15, -0.1) is 11.3 Å². The van der Waals surface area contributed by atoms with Crippen molar-refractivity contribution in [3.8, 4) is 0 Å². The molecule has 1 aromatic heterocycles. The van der Waals surface area contributed by atoms with Crippen LogP contribution >= 0.6 is 22.9 Å². The number of likely N-dealkylation sites (N-methyl/N-ethyl adjacent to an activating group) is 1. The molecule has 1 N–H and O–H groups in total. The number of thiazole rings is 1. The van der Waals surface area contributed by atoms with Crippen LogP contribution in [-0.2, 0) is 4.79 Å². The topological polar surface area (TPSA) is 45.2 Å². The highest BCUT2D eigenvalue weighted by Crippen LogP contribution is 2.26. The highest BCUT2D eigenvalue weighted by atomic mass is 35.5. The van der Waals surface area contributed by atoms with Gasteiger partial charge in [0.15, 0.2) is 0 Å². The van der Waals surface area contributed by atoms with Gasteiger partial charge in [0.25, 0.3) is 0 Å². The molecule has 2 rings (SSSR count). The quantitative estimate of drug-likeness (QED) is 0.874. The number of benzene rings is 1. The van der Waals surface area contributed by atoms with E-state index in [2.05, 4.69) is 10.3 Å². The number of hydrogen-bond acceptors (Lipinski definition) is 4. The van der Waals surface area contributed by atoms with Crippen LogP contribution in [0.5, 0.6) is 0 Å². The average Bonchev–Trinajstić information content (AvgIpc) is 2.79. The van der Waals surface area contributed by atoms with E-state index in [-0.39, 0.29) is 24.2 Å². The first-order chi connectivity index (χ1) is 10.8. The van der Waals surface area contributed by atoms with Gasteiger partial charge >= 0.3 is 0 Å². The molecule has 1 atom stereocenters. The van der Waals surface area contributed by atoms with E-state index in [9.17, 15) is 9.18 Å². The van der Waals surface area contributed by atoms with E-state index in [1.165, 1.54) is 18.2 Å². The van der Waals surface area contributed by atoms with Crippen molar-refractivity contribution < 1.29 is 9.18 Å². The van der Waals surface area contributed by atoms with Gasteiger partial charge in [-0.25, -0.2) is 9.37 Å². The minimum absolute atomic E-state index is 0.000708. The molecule has 1 amide bonds. The summed E-state index contributed by atoms with van der Waals surface area (Å²) in [7, 11) is 1.84. The number of carbonyl (C=O) groups is 1. The zero-order valence-corrected chi connectivity index (χ0v) is 15.1. The van der Waals surface area contributed by atoms with Crippen molar-refractivity contribution in [1.82, 2.24) is 9.88 Å². The van der Waals surface area contributed by atoms with Crippen molar-refractivity contribution in [2.75, 3.05) is 18.9 Å². The maximum Gasteiger partial charge on any atom is 0.238 e. The molecule has 2 aromatic rings. The molecule has 0 radical (unpaired) electrons. The monoisotopic (exact) mass is 355 g/mol. The van der Waals surface area contributed by atoms with Gasteiger partial charge in [0.2, 0.25) is 5.91 Å². The lowest BCUT2D eigenvalue weighted by atomic mass is 10.2. The summed E-state index contributed by atoms with van der Waals surface area (Å²) in [6, 6.07) is 4.16. The average molecular weight is 356 g/mol. The van der Waals surface area contributed by atoms with Crippen LogP contribution in [0.3, 0.4) is 0 Å². The predicted octanol–water partition coefficient (Wildman–Crippen LogP) is 4.18. The molecule has 4 nitrogen and oxygen atoms in total. The molecule has 0 bridgehead atoms. The Morgan fingerprint density at radius 2 is 2.17 bits per heavy atom. The maximum atomic E-state index is 13.7. The van der Waals surface area contributed by atoms with Crippen LogP contribution in [0.4, 0.5) is 10.1 Å². The van der Waals surface area contributed by atoms with Gasteiger partial charge in [0.1, 0.15) is 5.82 Å². The number of amides is 1. The first kappa shape index (κ1) is 17.8. The van der Waals surface area contributed by atoms with Crippen LogP contribution in [0.25, 0.3) is 0 Å². The molecule has 0 aliphatic heterocycles. The minimum atomic E-state index is -0.549. The van der Waals surface area contributed by atoms with Crippen molar-refractivity contribution in [3.63, 3.8) is 0 Å². The molecular weight excluding hydrogens is 337 g/mol. The molecule has 0 aliphatic rings. The third kappa shape index (κ3) is 4.50. The molecule has 1 unspecified atom stereocenters. The van der Waals surface area contributed by atoms with Crippen molar-refractivity contribution in [2.45, 2.75) is 26.8 Å². The Morgan fingerprint density at radius 1 is 1.48 bits per heavy atom. The molecule has 124 valence electrons. The Balaban J connectivity index is 2.00. The number of aryl methyl sites for hydroxylation is 2. The normalized spacial score (nSPS) is 12.5. The summed E-state index contributed by atoms with van der Waals surface area (Å²) in [5, 5.41) is 3.86. The molecule has 0 fully saturated rings. The van der Waals surface area contributed by atoms with Gasteiger partial charge in [0, 0.05) is 9.90 Å². The summed E-state index contributed by atoms with van der Waals surface area (Å²) in [6.07, 6.45) is 0. The van der Waals surface area contributed by atoms with Crippen molar-refractivity contribution >= 4 is 34.5 Å². The van der Waals surface area contributed by atoms with Crippen LogP contribution in [0.2, 0.25) is 5.02 Å². The Morgan fingerprint density at radius 3 is 2.74 bits per heavy atom. The highest BCUT2D eigenvalue weighted by Gasteiger charge is 2.20. The van der Waals surface area contributed by atoms with Crippen molar-refractivity contribution in [2.24, 2.45) is 0 Å². The molecule has 23 heavy (non-hydrogen) atoms. The van der Waals surface area contributed by atoms with Gasteiger partial charge in [-0.05, 0) is 46.0 Å². The number of halogens is 2. The Bertz CT molecular complexity index is 719. The standard InChI is InChI=1S/C16H19ClFN3OS/c1-9(16-10(2)23-11(3)19-16)21(4)8-15(22)20-14-6-5-12(17)7-13(14)18/h5-7,9H,8H2,1-4H3,(H,20,22). The second kappa shape index (κ2) is 7.38. The predicted molar refractivity (Wildman–Crippen MR) is 92.7 cm³/mol. The summed E-state index contributed by atoms with van der Waals surface area (Å²) in [6.45, 7) is 6.12. The van der Waals surface area contributed by atoms with Crippen LogP contribution in [0.1, 0.15) is 28.5 Å². The Hall–Kier alpha value is -1.50. The number of carbonyl (C=O) groups excluding carboxylic acids is 1. The molecule has 0 spiro atoms. The van der Waals surface area contributed by atoms with Crippen molar-refractivity contribution in [3.05, 3.63) is 44.6 Å². The second-order valence-electron chi connectivity index (χ2n) is 5.44. The van der Waals surface area contributed by atoms with E-state index < -0.39 is 5.82 Å². The first-order valence-electron chi connectivity index (χ1n) is 7.17. The van der Waals surface area contributed by atoms with Crippen LogP contribution in [0.15, 0.2) is 18.2 Å². The smallest absolute Gasteiger partial charge is 0.238 e. The summed E-state index contributed by atoms with van der Waals surface area (Å²) in [5.74, 6) is -0.835. The van der Waals surface area contributed by atoms with E-state index in [1.54, 1.807) is 11.3 Å². The lowest BCUT2D eigenvalue weighted by Crippen LogP contribution is -2.32. The second-order valence-corrected chi connectivity index (χ2v) is 7.28. The molecule has 0 saturated heterocycles. The molecule has 0 aliphatic carbocycles. The number of nitrogens with one attached hydrogen (secondary N) is 1. The fourth-order valence-corrected chi connectivity index (χ4v) is 3.35.